The van der Waals surface area contributed by atoms with Crippen molar-refractivity contribution in [1.29, 1.82) is 0 Å². The van der Waals surface area contributed by atoms with Gasteiger partial charge < -0.3 is 14.8 Å². The summed E-state index contributed by atoms with van der Waals surface area (Å²) in [6.07, 6.45) is 2.15. The fourth-order valence-corrected chi connectivity index (χ4v) is 5.59. The molecule has 1 aromatic carbocycles. The Kier molecular flexibility index (Phi) is 6.34. The Morgan fingerprint density at radius 2 is 1.97 bits per heavy atom. The van der Waals surface area contributed by atoms with Gasteiger partial charge in [-0.1, -0.05) is 15.9 Å². The van der Waals surface area contributed by atoms with Crippen molar-refractivity contribution in [3.63, 3.8) is 0 Å². The van der Waals surface area contributed by atoms with Gasteiger partial charge in [0, 0.05) is 43.2 Å². The van der Waals surface area contributed by atoms with E-state index in [9.17, 15) is 9.59 Å². The normalized spacial score (nSPS) is 18.6. The summed E-state index contributed by atoms with van der Waals surface area (Å²) >= 11 is 5.03. The van der Waals surface area contributed by atoms with Gasteiger partial charge in [-0.05, 0) is 57.0 Å². The predicted molar refractivity (Wildman–Crippen MR) is 124 cm³/mol. The molecule has 5 nitrogen and oxygen atoms in total. The van der Waals surface area contributed by atoms with Crippen LogP contribution < -0.4 is 10.1 Å². The Bertz CT molecular complexity index is 1100. The molecule has 4 rings (SSSR count). The summed E-state index contributed by atoms with van der Waals surface area (Å²) in [5, 5.41) is 3.30. The van der Waals surface area contributed by atoms with E-state index in [0.717, 1.165) is 49.8 Å². The monoisotopic (exact) mass is 501 g/mol. The van der Waals surface area contributed by atoms with Gasteiger partial charge in [0.25, 0.3) is 0 Å². The van der Waals surface area contributed by atoms with E-state index in [4.69, 9.17) is 9.47 Å². The van der Waals surface area contributed by atoms with Crippen LogP contribution in [0.5, 0.6) is 5.75 Å². The smallest absolute Gasteiger partial charge is 0.336 e. The third-order valence-electron chi connectivity index (χ3n) is 5.71. The molecule has 1 N–H and O–H groups in total. The van der Waals surface area contributed by atoms with Crippen molar-refractivity contribution in [1.82, 2.24) is 5.32 Å². The Balaban J connectivity index is 1.69. The number of aryl methyl sites for hydroxylation is 1. The Labute approximate surface area is 194 Å². The highest BCUT2D eigenvalue weighted by Crippen LogP contribution is 2.45. The summed E-state index contributed by atoms with van der Waals surface area (Å²) in [5.74, 6) is 0.0855. The van der Waals surface area contributed by atoms with Gasteiger partial charge in [0.1, 0.15) is 12.4 Å². The third kappa shape index (κ3) is 4.34. The zero-order chi connectivity index (χ0) is 22.1. The summed E-state index contributed by atoms with van der Waals surface area (Å²) in [4.78, 5) is 27.7. The summed E-state index contributed by atoms with van der Waals surface area (Å²) in [6, 6.07) is 9.78. The Morgan fingerprint density at radius 3 is 2.68 bits per heavy atom. The van der Waals surface area contributed by atoms with Crippen LogP contribution in [0.3, 0.4) is 0 Å². The first kappa shape index (κ1) is 21.8. The zero-order valence-electron chi connectivity index (χ0n) is 17.7. The fourth-order valence-electron chi connectivity index (χ4n) is 4.17. The van der Waals surface area contributed by atoms with E-state index in [0.29, 0.717) is 24.2 Å². The van der Waals surface area contributed by atoms with Crippen molar-refractivity contribution in [2.24, 2.45) is 0 Å². The number of hydrogen-bond acceptors (Lipinski definition) is 6. The molecule has 1 aromatic heterocycles. The SMILES string of the molecule is COC(=O)C1=C(C)NC2=C(C(=O)CCC2)[C@H]1c1cc(COc2ccc(Br)cc2)c(C)s1. The maximum absolute atomic E-state index is 12.9. The number of esters is 1. The molecule has 7 heteroatoms. The van der Waals surface area contributed by atoms with Gasteiger partial charge in [-0.2, -0.15) is 0 Å². The molecule has 0 fully saturated rings. The van der Waals surface area contributed by atoms with Crippen LogP contribution in [0.2, 0.25) is 0 Å². The molecule has 1 atom stereocenters. The minimum absolute atomic E-state index is 0.103. The lowest BCUT2D eigenvalue weighted by molar-refractivity contribution is -0.136. The number of ketones is 1. The molecule has 0 bridgehead atoms. The molecule has 162 valence electrons. The molecule has 0 amide bonds. The van der Waals surface area contributed by atoms with Gasteiger partial charge >= 0.3 is 5.97 Å². The second kappa shape index (κ2) is 9.01. The summed E-state index contributed by atoms with van der Waals surface area (Å²) in [5.41, 5.74) is 3.96. The van der Waals surface area contributed by atoms with Gasteiger partial charge in [-0.3, -0.25) is 4.79 Å². The number of Topliss-reactive ketones (excluding diaryl/α,β-unsaturated/α-hetero) is 1. The largest absolute Gasteiger partial charge is 0.489 e. The van der Waals surface area contributed by atoms with Crippen LogP contribution in [0.15, 0.2) is 57.3 Å². The number of rotatable bonds is 5. The average molecular weight is 502 g/mol. The van der Waals surface area contributed by atoms with Crippen molar-refractivity contribution in [2.75, 3.05) is 7.11 Å². The second-order valence-corrected chi connectivity index (χ2v) is 9.93. The quantitative estimate of drug-likeness (QED) is 0.544. The topological polar surface area (TPSA) is 64.6 Å². The number of dihydropyridines is 1. The summed E-state index contributed by atoms with van der Waals surface area (Å²) < 4.78 is 12.0. The number of ether oxygens (including phenoxy) is 2. The first-order chi connectivity index (χ1) is 14.9. The minimum atomic E-state index is -0.404. The standard InChI is InChI=1S/C24H24BrNO4S/c1-13-21(24(28)29-3)23(22-18(26-13)5-4-6-19(22)27)20-11-15(14(2)31-20)12-30-17-9-7-16(25)8-10-17/h7-11,23,26H,4-6,12H2,1-3H3/t23-/m0/s1. The highest BCUT2D eigenvalue weighted by molar-refractivity contribution is 9.10. The molecular weight excluding hydrogens is 478 g/mol. The van der Waals surface area contributed by atoms with Gasteiger partial charge in [0.15, 0.2) is 5.78 Å². The van der Waals surface area contributed by atoms with Crippen LogP contribution in [-0.2, 0) is 20.9 Å². The molecular formula is C24H24BrNO4S. The van der Waals surface area contributed by atoms with Crippen LogP contribution in [0.25, 0.3) is 0 Å². The van der Waals surface area contributed by atoms with Crippen LogP contribution in [0, 0.1) is 6.92 Å². The summed E-state index contributed by atoms with van der Waals surface area (Å²) in [7, 11) is 1.38. The van der Waals surface area contributed by atoms with Crippen LogP contribution in [0.4, 0.5) is 0 Å². The second-order valence-electron chi connectivity index (χ2n) is 7.73. The molecule has 0 unspecified atom stereocenters. The number of allylic oxidation sites excluding steroid dienone is 3. The van der Waals surface area contributed by atoms with Crippen molar-refractivity contribution in [2.45, 2.75) is 45.6 Å². The number of methoxy groups -OCH3 is 1. The Hall–Kier alpha value is -2.38. The summed E-state index contributed by atoms with van der Waals surface area (Å²) in [6.45, 7) is 4.34. The number of carbonyl (C=O) groups is 2. The van der Waals surface area contributed by atoms with E-state index in [1.807, 2.05) is 38.1 Å². The first-order valence-corrected chi connectivity index (χ1v) is 11.8. The number of thiophene rings is 1. The lowest BCUT2D eigenvalue weighted by atomic mass is 9.78. The number of nitrogens with one attached hydrogen (secondary N) is 1. The molecule has 2 aliphatic rings. The minimum Gasteiger partial charge on any atom is -0.489 e. The lowest BCUT2D eigenvalue weighted by Gasteiger charge is -2.33. The van der Waals surface area contributed by atoms with Gasteiger partial charge in [-0.15, -0.1) is 11.3 Å². The maximum atomic E-state index is 12.9. The molecule has 0 saturated carbocycles. The van der Waals surface area contributed by atoms with E-state index < -0.39 is 11.9 Å². The Morgan fingerprint density at radius 1 is 1.23 bits per heavy atom. The molecule has 2 aromatic rings. The van der Waals surface area contributed by atoms with E-state index in [-0.39, 0.29) is 5.78 Å². The van der Waals surface area contributed by atoms with Crippen LogP contribution >= 0.6 is 27.3 Å². The van der Waals surface area contributed by atoms with E-state index >= 15 is 0 Å². The lowest BCUT2D eigenvalue weighted by Crippen LogP contribution is -2.33. The number of hydrogen-bond donors (Lipinski definition) is 1. The number of carbonyl (C=O) groups excluding carboxylic acids is 2. The molecule has 2 heterocycles. The van der Waals surface area contributed by atoms with Gasteiger partial charge in [-0.25, -0.2) is 4.79 Å². The highest BCUT2D eigenvalue weighted by Gasteiger charge is 2.39. The van der Waals surface area contributed by atoms with Gasteiger partial charge in [0.05, 0.1) is 18.6 Å². The van der Waals surface area contributed by atoms with Crippen molar-refractivity contribution in [3.05, 3.63) is 72.7 Å². The first-order valence-electron chi connectivity index (χ1n) is 10.2. The molecule has 0 radical (unpaired) electrons. The molecule has 0 saturated heterocycles. The third-order valence-corrected chi connectivity index (χ3v) is 7.40. The zero-order valence-corrected chi connectivity index (χ0v) is 20.1. The maximum Gasteiger partial charge on any atom is 0.336 e. The molecule has 1 aliphatic carbocycles. The van der Waals surface area contributed by atoms with Crippen molar-refractivity contribution in [3.8, 4) is 5.75 Å². The number of benzene rings is 1. The predicted octanol–water partition coefficient (Wildman–Crippen LogP) is 5.54. The van der Waals surface area contributed by atoms with E-state index in [2.05, 4.69) is 27.3 Å². The van der Waals surface area contributed by atoms with E-state index in [1.54, 1.807) is 11.3 Å². The molecule has 1 aliphatic heterocycles. The van der Waals surface area contributed by atoms with Crippen LogP contribution in [-0.4, -0.2) is 18.9 Å². The van der Waals surface area contributed by atoms with Crippen LogP contribution in [0.1, 0.15) is 47.4 Å². The average Bonchev–Trinajstić information content (AvgIpc) is 3.12. The fraction of sp³-hybridized carbons (Fsp3) is 0.333. The number of halogens is 1. The van der Waals surface area contributed by atoms with E-state index in [1.165, 1.54) is 7.11 Å². The molecule has 31 heavy (non-hydrogen) atoms. The highest BCUT2D eigenvalue weighted by atomic mass is 79.9. The van der Waals surface area contributed by atoms with Crippen molar-refractivity contribution < 1.29 is 19.1 Å². The van der Waals surface area contributed by atoms with Gasteiger partial charge in [0.2, 0.25) is 0 Å². The molecule has 0 spiro atoms. The van der Waals surface area contributed by atoms with Crippen molar-refractivity contribution >= 4 is 39.0 Å².